The maximum Gasteiger partial charge on any atom is 0.352 e. The van der Waals surface area contributed by atoms with Crippen molar-refractivity contribution < 1.29 is 52.7 Å². The summed E-state index contributed by atoms with van der Waals surface area (Å²) in [5.74, 6) is -2.42. The first-order valence-electron chi connectivity index (χ1n) is 15.6. The normalized spacial score (nSPS) is 25.0. The summed E-state index contributed by atoms with van der Waals surface area (Å²) in [5.41, 5.74) is 0.278. The number of rotatable bonds is 12. The topological polar surface area (TPSA) is 147 Å². The van der Waals surface area contributed by atoms with Gasteiger partial charge in [0.2, 0.25) is 6.10 Å². The van der Waals surface area contributed by atoms with Crippen LogP contribution in [0.5, 0.6) is 11.5 Å². The molecule has 0 amide bonds. The zero-order valence-corrected chi connectivity index (χ0v) is 27.4. The van der Waals surface area contributed by atoms with E-state index in [0.717, 1.165) is 18.1 Å². The van der Waals surface area contributed by atoms with E-state index in [1.54, 1.807) is 30.3 Å². The van der Waals surface area contributed by atoms with Crippen LogP contribution in [-0.2, 0) is 56.6 Å². The molecule has 6 atom stereocenters. The Kier molecular flexibility index (Phi) is 9.65. The number of nitrogens with zero attached hydrogens (tertiary/aromatic N) is 1. The lowest BCUT2D eigenvalue weighted by molar-refractivity contribution is -0.176. The Labute approximate surface area is 273 Å². The predicted molar refractivity (Wildman–Crippen MR) is 166 cm³/mol. The summed E-state index contributed by atoms with van der Waals surface area (Å²) >= 11 is 0. The molecular formula is C35H41NO11. The van der Waals surface area contributed by atoms with Gasteiger partial charge in [0.25, 0.3) is 0 Å². The summed E-state index contributed by atoms with van der Waals surface area (Å²) in [5, 5.41) is 12.4. The molecule has 252 valence electrons. The highest BCUT2D eigenvalue weighted by Crippen LogP contribution is 2.62. The van der Waals surface area contributed by atoms with Gasteiger partial charge in [-0.05, 0) is 57.1 Å². The fourth-order valence-electron chi connectivity index (χ4n) is 6.88. The van der Waals surface area contributed by atoms with E-state index in [-0.39, 0.29) is 24.8 Å². The van der Waals surface area contributed by atoms with Gasteiger partial charge in [0.1, 0.15) is 12.4 Å². The van der Waals surface area contributed by atoms with Crippen LogP contribution in [-0.4, -0.2) is 84.5 Å². The first kappa shape index (κ1) is 33.9. The first-order valence-corrected chi connectivity index (χ1v) is 15.6. The average molecular weight is 652 g/mol. The lowest BCUT2D eigenvalue weighted by atomic mass is 9.54. The molecule has 0 saturated heterocycles. The maximum atomic E-state index is 13.3. The molecule has 1 heterocycles. The van der Waals surface area contributed by atoms with Crippen LogP contribution in [0.2, 0.25) is 0 Å². The Hall–Kier alpha value is -4.42. The minimum absolute atomic E-state index is 0.0890. The fraction of sp³-hybridized carbons (Fsp3) is 0.486. The second-order valence-corrected chi connectivity index (χ2v) is 12.3. The smallest absolute Gasteiger partial charge is 0.352 e. The molecule has 0 saturated carbocycles. The zero-order valence-electron chi connectivity index (χ0n) is 27.4. The number of ether oxygens (including phenoxy) is 6. The van der Waals surface area contributed by atoms with Crippen molar-refractivity contribution in [2.75, 3.05) is 20.7 Å². The molecule has 0 unspecified atom stereocenters. The molecule has 0 aromatic heterocycles. The van der Waals surface area contributed by atoms with Gasteiger partial charge in [0, 0.05) is 24.9 Å². The number of methoxy groups -OCH3 is 1. The van der Waals surface area contributed by atoms with Crippen molar-refractivity contribution in [1.29, 1.82) is 0 Å². The van der Waals surface area contributed by atoms with Crippen molar-refractivity contribution in [2.45, 2.75) is 88.9 Å². The molecule has 2 aromatic carbocycles. The Morgan fingerprint density at radius 2 is 1.81 bits per heavy atom. The van der Waals surface area contributed by atoms with E-state index >= 15 is 0 Å². The number of esters is 4. The van der Waals surface area contributed by atoms with Crippen LogP contribution in [0.25, 0.3) is 0 Å². The molecule has 47 heavy (non-hydrogen) atoms. The van der Waals surface area contributed by atoms with Crippen LogP contribution in [0.1, 0.15) is 57.2 Å². The van der Waals surface area contributed by atoms with Crippen LogP contribution < -0.4 is 9.47 Å². The Balaban J connectivity index is 1.29. The lowest BCUT2D eigenvalue weighted by Gasteiger charge is -2.56. The Bertz CT molecular complexity index is 1570. The first-order chi connectivity index (χ1) is 22.3. The monoisotopic (exact) mass is 651 g/mol. The Morgan fingerprint density at radius 1 is 1.09 bits per heavy atom. The third-order valence-corrected chi connectivity index (χ3v) is 9.48. The number of carbonyl (C=O) groups is 4. The lowest BCUT2D eigenvalue weighted by Crippen LogP contribution is -2.69. The van der Waals surface area contributed by atoms with Crippen LogP contribution in [0.4, 0.5) is 0 Å². The maximum absolute atomic E-state index is 13.3. The van der Waals surface area contributed by atoms with Gasteiger partial charge < -0.3 is 38.4 Å². The van der Waals surface area contributed by atoms with Gasteiger partial charge in [-0.2, -0.15) is 0 Å². The van der Waals surface area contributed by atoms with Crippen molar-refractivity contribution in [3.05, 3.63) is 71.0 Å². The van der Waals surface area contributed by atoms with E-state index in [4.69, 9.17) is 28.4 Å². The SMILES string of the molecule is CCN(C)[C@@H]1Cc2ccc(OC)c3c2[C@@]2(C)[C@@H](O3)C(OC(=O)[C@H](C)OC(=O)C[C@H](OC(C)=O)C(=O)OCc3ccccc3)=CC[C@@]12O. The predicted octanol–water partition coefficient (Wildman–Crippen LogP) is 3.15. The number of hydrogen-bond acceptors (Lipinski definition) is 12. The van der Waals surface area contributed by atoms with E-state index < -0.39 is 59.6 Å². The van der Waals surface area contributed by atoms with Crippen LogP contribution >= 0.6 is 0 Å². The van der Waals surface area contributed by atoms with Gasteiger partial charge in [-0.3, -0.25) is 9.59 Å². The number of hydrogen-bond donors (Lipinski definition) is 1. The van der Waals surface area contributed by atoms with Crippen LogP contribution in [0.15, 0.2) is 54.3 Å². The van der Waals surface area contributed by atoms with Gasteiger partial charge in [-0.25, -0.2) is 9.59 Å². The molecule has 0 fully saturated rings. The molecule has 0 bridgehead atoms. The van der Waals surface area contributed by atoms with Crippen molar-refractivity contribution in [1.82, 2.24) is 4.90 Å². The Morgan fingerprint density at radius 3 is 2.47 bits per heavy atom. The van der Waals surface area contributed by atoms with E-state index in [2.05, 4.69) is 4.90 Å². The van der Waals surface area contributed by atoms with Crippen LogP contribution in [0.3, 0.4) is 0 Å². The van der Waals surface area contributed by atoms with Gasteiger partial charge in [0.05, 0.1) is 24.5 Å². The summed E-state index contributed by atoms with van der Waals surface area (Å²) < 4.78 is 33.4. The van der Waals surface area contributed by atoms with E-state index in [1.807, 2.05) is 39.1 Å². The summed E-state index contributed by atoms with van der Waals surface area (Å²) in [7, 11) is 3.51. The van der Waals surface area contributed by atoms with Crippen molar-refractivity contribution >= 4 is 23.9 Å². The number of aliphatic hydroxyl groups is 1. The third-order valence-electron chi connectivity index (χ3n) is 9.48. The summed E-state index contributed by atoms with van der Waals surface area (Å²) in [4.78, 5) is 52.5. The highest BCUT2D eigenvalue weighted by Gasteiger charge is 2.68. The molecule has 5 rings (SSSR count). The standard InChI is InChI=1S/C35H41NO11/c1-7-36(5)27-17-23-13-14-24(42-6)30-29(23)34(4)31(47-30)25(15-16-35(27,34)41)46-32(39)20(2)44-28(38)18-26(45-21(3)37)33(40)43-19-22-11-9-8-10-12-22/h8-15,20,26-27,31,41H,7,16-19H2,1-6H3/t20-,26-,27+,31-,34-,35+/m0/s1. The molecule has 12 heteroatoms. The molecule has 0 radical (unpaired) electrons. The molecule has 2 aromatic rings. The summed E-state index contributed by atoms with van der Waals surface area (Å²) in [6, 6.07) is 12.4. The second kappa shape index (κ2) is 13.4. The van der Waals surface area contributed by atoms with E-state index in [9.17, 15) is 24.3 Å². The van der Waals surface area contributed by atoms with E-state index in [1.165, 1.54) is 14.0 Å². The minimum atomic E-state index is -1.57. The molecule has 2 aliphatic carbocycles. The molecule has 12 nitrogen and oxygen atoms in total. The fourth-order valence-corrected chi connectivity index (χ4v) is 6.88. The quantitative estimate of drug-likeness (QED) is 0.266. The average Bonchev–Trinajstić information content (AvgIpc) is 3.38. The van der Waals surface area contributed by atoms with Gasteiger partial charge >= 0.3 is 23.9 Å². The molecule has 1 aliphatic heterocycles. The molecule has 0 spiro atoms. The third kappa shape index (κ3) is 6.19. The number of benzene rings is 2. The van der Waals surface area contributed by atoms with Gasteiger partial charge in [-0.1, -0.05) is 43.3 Å². The van der Waals surface area contributed by atoms with Crippen molar-refractivity contribution in [3.8, 4) is 11.5 Å². The van der Waals surface area contributed by atoms with E-state index in [0.29, 0.717) is 30.0 Å². The van der Waals surface area contributed by atoms with Crippen LogP contribution in [0, 0.1) is 0 Å². The molecular weight excluding hydrogens is 610 g/mol. The second-order valence-electron chi connectivity index (χ2n) is 12.3. The largest absolute Gasteiger partial charge is 0.493 e. The minimum Gasteiger partial charge on any atom is -0.493 e. The van der Waals surface area contributed by atoms with Crippen molar-refractivity contribution in [2.24, 2.45) is 0 Å². The molecule has 1 N–H and O–H groups in total. The molecule has 3 aliphatic rings. The summed E-state index contributed by atoms with van der Waals surface area (Å²) in [6.07, 6.45) is -2.08. The number of likely N-dealkylation sites (N-methyl/N-ethyl adjacent to an activating group) is 1. The van der Waals surface area contributed by atoms with Gasteiger partial charge in [-0.15, -0.1) is 0 Å². The number of carbonyl (C=O) groups excluding carboxylic acids is 4. The van der Waals surface area contributed by atoms with Crippen molar-refractivity contribution in [3.63, 3.8) is 0 Å². The highest BCUT2D eigenvalue weighted by molar-refractivity contribution is 5.85. The van der Waals surface area contributed by atoms with Gasteiger partial charge in [0.15, 0.2) is 23.7 Å². The highest BCUT2D eigenvalue weighted by atomic mass is 16.6. The summed E-state index contributed by atoms with van der Waals surface area (Å²) in [6.45, 7) is 6.99. The zero-order chi connectivity index (χ0) is 34.1.